The number of carbonyl (C=O) groups is 2. The third-order valence-electron chi connectivity index (χ3n) is 5.81. The topological polar surface area (TPSA) is 87.5 Å². The van der Waals surface area contributed by atoms with E-state index in [1.54, 1.807) is 18.5 Å². The van der Waals surface area contributed by atoms with Crippen LogP contribution >= 0.6 is 0 Å². The molecule has 2 saturated heterocycles. The maximum atomic E-state index is 12.8. The first-order valence-electron chi connectivity index (χ1n) is 9.31. The van der Waals surface area contributed by atoms with Crippen molar-refractivity contribution in [3.05, 3.63) is 53.2 Å². The molecule has 1 atom stereocenters. The smallest absolute Gasteiger partial charge is 0.322 e. The Balaban J connectivity index is 1.51. The summed E-state index contributed by atoms with van der Waals surface area (Å²) < 4.78 is 5.79. The van der Waals surface area contributed by atoms with Crippen LogP contribution in [0.3, 0.4) is 0 Å². The summed E-state index contributed by atoms with van der Waals surface area (Å²) in [6, 6.07) is 5.31. The highest BCUT2D eigenvalue weighted by atomic mass is 16.3. The molecule has 4 heterocycles. The first-order valence-corrected chi connectivity index (χ1v) is 9.31. The summed E-state index contributed by atoms with van der Waals surface area (Å²) in [5.41, 5.74) is 0.875. The van der Waals surface area contributed by atoms with Crippen LogP contribution in [0.1, 0.15) is 35.5 Å². The van der Waals surface area contributed by atoms with Gasteiger partial charge < -0.3 is 9.73 Å². The highest BCUT2D eigenvalue weighted by Crippen LogP contribution is 2.39. The van der Waals surface area contributed by atoms with Gasteiger partial charge in [-0.1, -0.05) is 6.07 Å². The van der Waals surface area contributed by atoms with E-state index in [1.165, 1.54) is 5.56 Å². The van der Waals surface area contributed by atoms with Crippen molar-refractivity contribution in [1.29, 1.82) is 0 Å². The zero-order chi connectivity index (χ0) is 19.0. The van der Waals surface area contributed by atoms with Crippen LogP contribution < -0.4 is 10.6 Å². The van der Waals surface area contributed by atoms with E-state index in [9.17, 15) is 9.59 Å². The molecule has 2 aromatic heterocycles. The highest BCUT2D eigenvalue weighted by molar-refractivity contribution is 6.07. The third-order valence-corrected chi connectivity index (χ3v) is 5.81. The summed E-state index contributed by atoms with van der Waals surface area (Å²) in [5.74, 6) is 1.67. The summed E-state index contributed by atoms with van der Waals surface area (Å²) in [7, 11) is 0. The highest BCUT2D eigenvalue weighted by Gasteiger charge is 2.53. The number of carbonyl (C=O) groups excluding carboxylic acids is 2. The van der Waals surface area contributed by atoms with Crippen LogP contribution in [-0.2, 0) is 16.9 Å². The summed E-state index contributed by atoms with van der Waals surface area (Å²) in [6.45, 7) is 6.47. The Morgan fingerprint density at radius 3 is 2.63 bits per heavy atom. The second-order valence-corrected chi connectivity index (χ2v) is 7.46. The molecule has 4 rings (SSSR count). The Morgan fingerprint density at radius 2 is 2.07 bits per heavy atom. The molecule has 2 fully saturated rings. The zero-order valence-corrected chi connectivity index (χ0v) is 15.6. The first kappa shape index (κ1) is 17.7. The molecule has 7 heteroatoms. The standard InChI is InChI=1S/C20H24N4O3/c1-13-10-17(27-14(13)2)12-24-8-5-15(6-9-24)20(16-4-3-7-21-11-16)18(25)22-19(26)23-20/h3-4,7,10-11,15H,5-6,8-9,12H2,1-2H3,(H2,22,23,25,26)/t20-/m0/s1. The first-order chi connectivity index (χ1) is 13.0. The Morgan fingerprint density at radius 1 is 1.30 bits per heavy atom. The molecule has 0 saturated carbocycles. The zero-order valence-electron chi connectivity index (χ0n) is 15.6. The van der Waals surface area contributed by atoms with Crippen molar-refractivity contribution < 1.29 is 14.0 Å². The van der Waals surface area contributed by atoms with E-state index < -0.39 is 11.6 Å². The number of imide groups is 1. The SMILES string of the molecule is Cc1cc(CN2CCC([C@@]3(c4cccnc4)NC(=O)NC3=O)CC2)oc1C. The van der Waals surface area contributed by atoms with Crippen molar-refractivity contribution in [2.24, 2.45) is 5.92 Å². The van der Waals surface area contributed by atoms with Gasteiger partial charge in [0.2, 0.25) is 0 Å². The number of likely N-dealkylation sites (tertiary alicyclic amines) is 1. The minimum Gasteiger partial charge on any atom is -0.465 e. The summed E-state index contributed by atoms with van der Waals surface area (Å²) in [6.07, 6.45) is 4.95. The maximum absolute atomic E-state index is 12.8. The molecule has 7 nitrogen and oxygen atoms in total. The number of nitrogens with one attached hydrogen (secondary N) is 2. The summed E-state index contributed by atoms with van der Waals surface area (Å²) in [5, 5.41) is 5.32. The number of nitrogens with zero attached hydrogens (tertiary/aromatic N) is 2. The molecule has 0 spiro atoms. The van der Waals surface area contributed by atoms with Gasteiger partial charge in [-0.15, -0.1) is 0 Å². The molecule has 3 amide bonds. The molecule has 27 heavy (non-hydrogen) atoms. The van der Waals surface area contributed by atoms with Crippen LogP contribution in [0, 0.1) is 19.8 Å². The van der Waals surface area contributed by atoms with E-state index in [1.807, 2.05) is 19.9 Å². The minimum absolute atomic E-state index is 0.0180. The van der Waals surface area contributed by atoms with Crippen LogP contribution in [0.5, 0.6) is 0 Å². The van der Waals surface area contributed by atoms with E-state index in [-0.39, 0.29) is 11.8 Å². The van der Waals surface area contributed by atoms with Gasteiger partial charge in [0.25, 0.3) is 5.91 Å². The van der Waals surface area contributed by atoms with E-state index >= 15 is 0 Å². The van der Waals surface area contributed by atoms with E-state index in [0.29, 0.717) is 0 Å². The molecule has 0 aliphatic carbocycles. The fourth-order valence-corrected chi connectivity index (χ4v) is 4.26. The molecule has 2 aromatic rings. The fraction of sp³-hybridized carbons (Fsp3) is 0.450. The largest absolute Gasteiger partial charge is 0.465 e. The van der Waals surface area contributed by atoms with Gasteiger partial charge in [0.15, 0.2) is 5.54 Å². The Labute approximate surface area is 158 Å². The van der Waals surface area contributed by atoms with Crippen LogP contribution in [0.15, 0.2) is 35.0 Å². The molecule has 0 radical (unpaired) electrons. The van der Waals surface area contributed by atoms with Crippen LogP contribution in [0.4, 0.5) is 4.79 Å². The third kappa shape index (κ3) is 3.12. The second kappa shape index (κ2) is 6.81. The number of piperidine rings is 1. The molecule has 2 aliphatic heterocycles. The molecule has 0 aromatic carbocycles. The Hall–Kier alpha value is -2.67. The summed E-state index contributed by atoms with van der Waals surface area (Å²) in [4.78, 5) is 31.2. The van der Waals surface area contributed by atoms with Crippen LogP contribution in [-0.4, -0.2) is 34.9 Å². The number of furan rings is 1. The number of pyridine rings is 1. The van der Waals surface area contributed by atoms with E-state index in [2.05, 4.69) is 26.6 Å². The quantitative estimate of drug-likeness (QED) is 0.808. The van der Waals surface area contributed by atoms with Crippen molar-refractivity contribution in [1.82, 2.24) is 20.5 Å². The lowest BCUT2D eigenvalue weighted by Gasteiger charge is -2.40. The Kier molecular flexibility index (Phi) is 4.47. The molecule has 0 unspecified atom stereocenters. The average Bonchev–Trinajstić information content (AvgIpc) is 3.14. The van der Waals surface area contributed by atoms with Gasteiger partial charge in [-0.25, -0.2) is 4.79 Å². The lowest BCUT2D eigenvalue weighted by molar-refractivity contribution is -0.127. The molecule has 2 aliphatic rings. The van der Waals surface area contributed by atoms with Gasteiger partial charge in [-0.3, -0.25) is 20.0 Å². The molecule has 2 N–H and O–H groups in total. The van der Waals surface area contributed by atoms with Crippen LogP contribution in [0.25, 0.3) is 0 Å². The fourth-order valence-electron chi connectivity index (χ4n) is 4.26. The second-order valence-electron chi connectivity index (χ2n) is 7.46. The predicted octanol–water partition coefficient (Wildman–Crippen LogP) is 2.24. The van der Waals surface area contributed by atoms with Gasteiger partial charge in [-0.2, -0.15) is 0 Å². The Bertz CT molecular complexity index is 836. The maximum Gasteiger partial charge on any atom is 0.322 e. The monoisotopic (exact) mass is 368 g/mol. The van der Waals surface area contributed by atoms with Gasteiger partial charge in [-0.05, 0) is 63.4 Å². The number of rotatable bonds is 4. The van der Waals surface area contributed by atoms with Crippen LogP contribution in [0.2, 0.25) is 0 Å². The van der Waals surface area contributed by atoms with Crippen molar-refractivity contribution >= 4 is 11.9 Å². The average molecular weight is 368 g/mol. The number of hydrogen-bond acceptors (Lipinski definition) is 5. The number of hydrogen-bond donors (Lipinski definition) is 2. The van der Waals surface area contributed by atoms with E-state index in [4.69, 9.17) is 4.42 Å². The van der Waals surface area contributed by atoms with Crippen molar-refractivity contribution in [2.75, 3.05) is 13.1 Å². The lowest BCUT2D eigenvalue weighted by Crippen LogP contribution is -2.53. The van der Waals surface area contributed by atoms with Gasteiger partial charge in [0.1, 0.15) is 11.5 Å². The predicted molar refractivity (Wildman–Crippen MR) is 98.8 cm³/mol. The molecule has 0 bridgehead atoms. The summed E-state index contributed by atoms with van der Waals surface area (Å²) >= 11 is 0. The number of aryl methyl sites for hydroxylation is 2. The lowest BCUT2D eigenvalue weighted by atomic mass is 9.73. The van der Waals surface area contributed by atoms with Crippen molar-refractivity contribution in [2.45, 2.75) is 38.8 Å². The molecular weight excluding hydrogens is 344 g/mol. The van der Waals surface area contributed by atoms with Gasteiger partial charge in [0, 0.05) is 18.0 Å². The number of amides is 3. The molecule has 142 valence electrons. The van der Waals surface area contributed by atoms with E-state index in [0.717, 1.165) is 49.6 Å². The number of urea groups is 1. The van der Waals surface area contributed by atoms with Crippen molar-refractivity contribution in [3.8, 4) is 0 Å². The minimum atomic E-state index is -1.03. The van der Waals surface area contributed by atoms with Crippen molar-refractivity contribution in [3.63, 3.8) is 0 Å². The van der Waals surface area contributed by atoms with Gasteiger partial charge in [0.05, 0.1) is 6.54 Å². The number of aromatic nitrogens is 1. The molecular formula is C20H24N4O3. The normalized spacial score (nSPS) is 24.1. The van der Waals surface area contributed by atoms with Gasteiger partial charge >= 0.3 is 6.03 Å².